The molecule has 16 heterocycles. The van der Waals surface area contributed by atoms with Gasteiger partial charge in [0.2, 0.25) is 0 Å². The molecule has 16 aliphatic heterocycles. The number of esters is 1. The van der Waals surface area contributed by atoms with Crippen LogP contribution < -0.4 is 5.73 Å². The molecule has 0 aromatic heterocycles. The van der Waals surface area contributed by atoms with E-state index in [0.717, 1.165) is 49.7 Å². The second-order valence-electron chi connectivity index (χ2n) is 27.0. The smallest absolute Gasteiger partial charge is 0.308 e. The van der Waals surface area contributed by atoms with Crippen LogP contribution in [0.2, 0.25) is 0 Å². The van der Waals surface area contributed by atoms with Gasteiger partial charge in [0.1, 0.15) is 36.6 Å². The normalized spacial score (nSPS) is 58.6. The van der Waals surface area contributed by atoms with Crippen molar-refractivity contribution in [1.29, 1.82) is 0 Å². The van der Waals surface area contributed by atoms with E-state index in [4.69, 9.17) is 76.8 Å². The molecule has 0 aromatic rings. The lowest BCUT2D eigenvalue weighted by Gasteiger charge is -2.54. The van der Waals surface area contributed by atoms with Crippen LogP contribution in [-0.4, -0.2) is 181 Å². The number of hydrogen-bond acceptors (Lipinski definition) is 18. The molecule has 16 saturated heterocycles. The van der Waals surface area contributed by atoms with Crippen molar-refractivity contribution >= 4 is 5.97 Å². The first-order chi connectivity index (χ1) is 37.1. The predicted molar refractivity (Wildman–Crippen MR) is 270 cm³/mol. The van der Waals surface area contributed by atoms with Crippen LogP contribution in [0.4, 0.5) is 0 Å². The minimum absolute atomic E-state index is 0.00844. The van der Waals surface area contributed by atoms with Gasteiger partial charge in [-0.2, -0.15) is 0 Å². The fourth-order valence-electron chi connectivity index (χ4n) is 18.0. The maximum atomic E-state index is 14.6. The fraction of sp³-hybridized carbons (Fsp3) is 0.915. The van der Waals surface area contributed by atoms with Crippen LogP contribution in [0.3, 0.4) is 0 Å². The summed E-state index contributed by atoms with van der Waals surface area (Å²) in [5.74, 6) is -2.55. The van der Waals surface area contributed by atoms with Gasteiger partial charge in [-0.05, 0) is 86.8 Å². The van der Waals surface area contributed by atoms with E-state index in [0.29, 0.717) is 77.2 Å². The third-order valence-electron chi connectivity index (χ3n) is 21.7. The van der Waals surface area contributed by atoms with Crippen LogP contribution in [0.15, 0.2) is 24.3 Å². The van der Waals surface area contributed by atoms with Crippen molar-refractivity contribution in [3.63, 3.8) is 0 Å². The van der Waals surface area contributed by atoms with Gasteiger partial charge in [-0.25, -0.2) is 0 Å². The quantitative estimate of drug-likeness (QED) is 0.258. The average Bonchev–Trinajstić information content (AvgIpc) is 4.35. The molecule has 3 N–H and O–H groups in total. The summed E-state index contributed by atoms with van der Waals surface area (Å²) in [5.41, 5.74) is 8.04. The van der Waals surface area contributed by atoms with Gasteiger partial charge in [-0.1, -0.05) is 40.9 Å². The van der Waals surface area contributed by atoms with Crippen LogP contribution in [0.25, 0.3) is 0 Å². The van der Waals surface area contributed by atoms with E-state index in [1.54, 1.807) is 0 Å². The van der Waals surface area contributed by atoms with Gasteiger partial charge in [0, 0.05) is 63.7 Å². The molecule has 428 valence electrons. The summed E-state index contributed by atoms with van der Waals surface area (Å²) in [5, 5.41) is 11.0. The Kier molecular flexibility index (Phi) is 13.2. The Morgan fingerprint density at radius 1 is 0.506 bits per heavy atom. The summed E-state index contributed by atoms with van der Waals surface area (Å²) in [6.45, 7) is 18.4. The zero-order chi connectivity index (χ0) is 52.4. The van der Waals surface area contributed by atoms with Crippen molar-refractivity contribution in [2.24, 2.45) is 29.4 Å². The minimum Gasteiger partial charge on any atom is -0.459 e. The molecule has 0 radical (unpaired) electrons. The Hall–Kier alpha value is -1.69. The van der Waals surface area contributed by atoms with Gasteiger partial charge < -0.3 is 81.9 Å². The molecule has 31 atom stereocenters. The molecule has 18 nitrogen and oxygen atoms in total. The number of ether oxygens (including phenoxy) is 15. The maximum absolute atomic E-state index is 14.6. The molecule has 31 unspecified atom stereocenters. The number of hydrogen-bond donors (Lipinski definition) is 2. The van der Waals surface area contributed by atoms with Crippen molar-refractivity contribution < 1.29 is 81.0 Å². The lowest BCUT2D eigenvalue weighted by molar-refractivity contribution is -0.371. The molecule has 16 fully saturated rings. The lowest BCUT2D eigenvalue weighted by Crippen LogP contribution is -2.62. The third-order valence-corrected chi connectivity index (χ3v) is 21.7. The number of nitrogens with two attached hydrogens (primary N) is 1. The van der Waals surface area contributed by atoms with E-state index in [-0.39, 0.29) is 152 Å². The first-order valence-corrected chi connectivity index (χ1v) is 30.3. The van der Waals surface area contributed by atoms with Gasteiger partial charge in [0.15, 0.2) is 17.4 Å². The van der Waals surface area contributed by atoms with E-state index in [1.165, 1.54) is 0 Å². The second kappa shape index (κ2) is 19.4. The highest BCUT2D eigenvalue weighted by Crippen LogP contribution is 2.58. The van der Waals surface area contributed by atoms with Crippen molar-refractivity contribution in [1.82, 2.24) is 0 Å². The average molecular weight is 1080 g/mol. The van der Waals surface area contributed by atoms with Crippen LogP contribution in [0.5, 0.6) is 0 Å². The molecule has 16 aliphatic rings. The standard InChI is InChI=1S/C59H85NO17/c1-26-15-32-7-9-36-27(2)16-34(63-36)11-13-57-24-45-53(76-57)54-55(70-45)56(77-57)52-38(68-54)10-8-33(65-52)17-47(62)71-51-31(6)50-42(66-41(51)19-39(64-32)30(26)5)20-40-44(69-50)23-59(72-40)25-46-49(75-59)29(4)22-58(74-46)21-28(3)48-43(73-58)18-35(61)37(67-48)12-14-60/h26,28-29,31-46,48-56,61H,2,5,7-25,60H2,1,3-4,6H3. The summed E-state index contributed by atoms with van der Waals surface area (Å²) in [7, 11) is 0. The zero-order valence-corrected chi connectivity index (χ0v) is 45.6. The number of rotatable bonds is 2. The number of aliphatic hydroxyl groups excluding tert-OH is 1. The molecular formula is C59H85NO17. The predicted octanol–water partition coefficient (Wildman–Crippen LogP) is 5.53. The molecule has 0 saturated carbocycles. The van der Waals surface area contributed by atoms with E-state index >= 15 is 0 Å². The van der Waals surface area contributed by atoms with E-state index in [2.05, 4.69) is 40.9 Å². The number of carbonyl (C=O) groups is 1. The first kappa shape index (κ1) is 52.1. The summed E-state index contributed by atoms with van der Waals surface area (Å²) in [6.07, 6.45) is 4.94. The van der Waals surface area contributed by atoms with Crippen LogP contribution in [0, 0.1) is 23.7 Å². The Labute approximate surface area is 452 Å². The number of carbonyl (C=O) groups excluding carboxylic acids is 1. The van der Waals surface area contributed by atoms with E-state index in [9.17, 15) is 9.90 Å². The Balaban J connectivity index is 0.664. The maximum Gasteiger partial charge on any atom is 0.308 e. The Bertz CT molecular complexity index is 2290. The zero-order valence-electron chi connectivity index (χ0n) is 45.6. The SMILES string of the molecule is C=C1CC2CCC34CC5OC6C(OC7CCC(CC(=O)OC8C(CC9OC(CCC1O2)CC(C)C9=C)OC1CC2OC9(CC2OC1C8C)CC1OC2(CC(C)C8OC(CCN)C(O)CC8O2)CC(C)C1O9)OC7C6O3)C5O4. The largest absolute Gasteiger partial charge is 0.459 e. The highest BCUT2D eigenvalue weighted by atomic mass is 16.8. The van der Waals surface area contributed by atoms with Crippen LogP contribution in [-0.2, 0) is 75.8 Å². The summed E-state index contributed by atoms with van der Waals surface area (Å²) in [4.78, 5) is 14.6. The monoisotopic (exact) mass is 1080 g/mol. The highest BCUT2D eigenvalue weighted by Gasteiger charge is 2.70. The third kappa shape index (κ3) is 8.95. The molecule has 0 amide bonds. The fourth-order valence-corrected chi connectivity index (χ4v) is 18.0. The molecule has 0 aliphatic carbocycles. The summed E-state index contributed by atoms with van der Waals surface area (Å²) in [6, 6.07) is 0. The molecule has 12 bridgehead atoms. The molecule has 0 aromatic carbocycles. The van der Waals surface area contributed by atoms with Gasteiger partial charge in [0.05, 0.1) is 116 Å². The minimum atomic E-state index is -0.896. The summed E-state index contributed by atoms with van der Waals surface area (Å²) >= 11 is 0. The van der Waals surface area contributed by atoms with E-state index < -0.39 is 47.9 Å². The number of fused-ring (bicyclic) bond motifs is 10. The van der Waals surface area contributed by atoms with Crippen molar-refractivity contribution in [2.45, 2.75) is 307 Å². The van der Waals surface area contributed by atoms with Crippen LogP contribution >= 0.6 is 0 Å². The molecule has 77 heavy (non-hydrogen) atoms. The van der Waals surface area contributed by atoms with Crippen molar-refractivity contribution in [2.75, 3.05) is 6.54 Å². The van der Waals surface area contributed by atoms with Crippen molar-refractivity contribution in [3.8, 4) is 0 Å². The lowest BCUT2D eigenvalue weighted by atomic mass is 9.78. The highest BCUT2D eigenvalue weighted by molar-refractivity contribution is 5.70. The van der Waals surface area contributed by atoms with Gasteiger partial charge in [-0.3, -0.25) is 4.79 Å². The Morgan fingerprint density at radius 3 is 2.04 bits per heavy atom. The Morgan fingerprint density at radius 2 is 1.18 bits per heavy atom. The second-order valence-corrected chi connectivity index (χ2v) is 27.0. The molecular weight excluding hydrogens is 995 g/mol. The molecule has 18 heteroatoms. The van der Waals surface area contributed by atoms with Crippen molar-refractivity contribution in [3.05, 3.63) is 24.3 Å². The molecule has 3 spiro atoms. The first-order valence-electron chi connectivity index (χ1n) is 30.3. The van der Waals surface area contributed by atoms with Gasteiger partial charge in [-0.15, -0.1) is 0 Å². The summed E-state index contributed by atoms with van der Waals surface area (Å²) < 4.78 is 104. The van der Waals surface area contributed by atoms with Gasteiger partial charge in [0.25, 0.3) is 0 Å². The van der Waals surface area contributed by atoms with Crippen LogP contribution in [0.1, 0.15) is 143 Å². The topological polar surface area (TPSA) is 202 Å². The van der Waals surface area contributed by atoms with Gasteiger partial charge >= 0.3 is 5.97 Å². The number of aliphatic hydroxyl groups is 1. The van der Waals surface area contributed by atoms with E-state index in [1.807, 2.05) is 0 Å². The molecule has 16 rings (SSSR count).